The summed E-state index contributed by atoms with van der Waals surface area (Å²) in [6, 6.07) is 2.84. The molecule has 1 aromatic heterocycles. The van der Waals surface area contributed by atoms with Crippen molar-refractivity contribution in [3.05, 3.63) is 18.0 Å². The summed E-state index contributed by atoms with van der Waals surface area (Å²) in [7, 11) is 0. The van der Waals surface area contributed by atoms with Gasteiger partial charge in [0.25, 0.3) is 0 Å². The van der Waals surface area contributed by atoms with Crippen molar-refractivity contribution in [1.29, 1.82) is 5.26 Å². The maximum absolute atomic E-state index is 8.68. The van der Waals surface area contributed by atoms with Gasteiger partial charge in [0.05, 0.1) is 18.0 Å². The molecule has 1 saturated heterocycles. The molecule has 1 N–H and O–H groups in total. The molecule has 0 aliphatic carbocycles. The van der Waals surface area contributed by atoms with Gasteiger partial charge in [0.2, 0.25) is 5.95 Å². The maximum atomic E-state index is 8.68. The smallest absolute Gasteiger partial charge is 0.225 e. The molecule has 1 aromatic rings. The number of nitrogens with one attached hydrogen (secondary N) is 1. The lowest BCUT2D eigenvalue weighted by molar-refractivity contribution is 0.420. The molecule has 0 bridgehead atoms. The van der Waals surface area contributed by atoms with E-state index in [1.807, 2.05) is 6.07 Å². The quantitative estimate of drug-likeness (QED) is 0.743. The lowest BCUT2D eigenvalue weighted by Crippen LogP contribution is -2.55. The van der Waals surface area contributed by atoms with Crippen LogP contribution in [0.4, 0.5) is 5.95 Å². The average Bonchev–Trinajstić information content (AvgIpc) is 2.32. The second kappa shape index (κ2) is 4.45. The minimum atomic E-state index is 0.379. The number of nitrogens with zero attached hydrogens (tertiary/aromatic N) is 4. The van der Waals surface area contributed by atoms with E-state index >= 15 is 0 Å². The molecule has 2 heterocycles. The van der Waals surface area contributed by atoms with Crippen molar-refractivity contribution in [1.82, 2.24) is 15.3 Å². The molecule has 1 fully saturated rings. The third-order valence-electron chi connectivity index (χ3n) is 2.79. The largest absolute Gasteiger partial charge is 0.335 e. The Kier molecular flexibility index (Phi) is 3.02. The van der Waals surface area contributed by atoms with Crippen LogP contribution in [-0.2, 0) is 0 Å². The zero-order valence-electron chi connectivity index (χ0n) is 9.51. The Morgan fingerprint density at radius 1 is 1.44 bits per heavy atom. The van der Waals surface area contributed by atoms with Gasteiger partial charge in [0, 0.05) is 25.2 Å². The molecule has 1 aliphatic rings. The molecule has 16 heavy (non-hydrogen) atoms. The molecule has 0 radical (unpaired) electrons. The van der Waals surface area contributed by atoms with Crippen LogP contribution in [0, 0.1) is 11.3 Å². The summed E-state index contributed by atoms with van der Waals surface area (Å²) < 4.78 is 0. The standard InChI is InChI=1S/C11H15N5/c1-8-7-16(9(2)4-13-8)11-14-5-10(3-12)6-15-11/h5-6,8-9,13H,4,7H2,1-2H3/t8-,9-/m1/s1. The normalized spacial score (nSPS) is 25.2. The van der Waals surface area contributed by atoms with Crippen LogP contribution in [0.25, 0.3) is 0 Å². The highest BCUT2D eigenvalue weighted by Gasteiger charge is 2.24. The van der Waals surface area contributed by atoms with Gasteiger partial charge in [-0.3, -0.25) is 0 Å². The lowest BCUT2D eigenvalue weighted by Gasteiger charge is -2.37. The molecule has 0 spiro atoms. The van der Waals surface area contributed by atoms with Gasteiger partial charge >= 0.3 is 0 Å². The third-order valence-corrected chi connectivity index (χ3v) is 2.79. The second-order valence-corrected chi connectivity index (χ2v) is 4.19. The van der Waals surface area contributed by atoms with Gasteiger partial charge in [-0.25, -0.2) is 9.97 Å². The molecule has 2 rings (SSSR count). The van der Waals surface area contributed by atoms with E-state index in [4.69, 9.17) is 5.26 Å². The first-order valence-electron chi connectivity index (χ1n) is 5.43. The summed E-state index contributed by atoms with van der Waals surface area (Å²) in [4.78, 5) is 10.6. The van der Waals surface area contributed by atoms with Crippen molar-refractivity contribution in [2.24, 2.45) is 0 Å². The van der Waals surface area contributed by atoms with Gasteiger partial charge in [0.1, 0.15) is 6.07 Å². The Morgan fingerprint density at radius 3 is 2.75 bits per heavy atom. The highest BCUT2D eigenvalue weighted by molar-refractivity contribution is 5.35. The van der Waals surface area contributed by atoms with Crippen molar-refractivity contribution < 1.29 is 0 Å². The van der Waals surface area contributed by atoms with Crippen molar-refractivity contribution >= 4 is 5.95 Å². The number of anilines is 1. The molecule has 2 atom stereocenters. The van der Waals surface area contributed by atoms with Crippen LogP contribution in [0.15, 0.2) is 12.4 Å². The first-order chi connectivity index (χ1) is 7.70. The Bertz CT molecular complexity index is 394. The summed E-state index contributed by atoms with van der Waals surface area (Å²) in [5.41, 5.74) is 0.500. The summed E-state index contributed by atoms with van der Waals surface area (Å²) in [6.45, 7) is 6.11. The van der Waals surface area contributed by atoms with E-state index in [-0.39, 0.29) is 0 Å². The fourth-order valence-corrected chi connectivity index (χ4v) is 1.83. The molecule has 84 valence electrons. The predicted octanol–water partition coefficient (Wildman–Crippen LogP) is 0.535. The van der Waals surface area contributed by atoms with Crippen molar-refractivity contribution in [3.63, 3.8) is 0 Å². The van der Waals surface area contributed by atoms with E-state index in [0.29, 0.717) is 23.6 Å². The fourth-order valence-electron chi connectivity index (χ4n) is 1.83. The molecule has 0 saturated carbocycles. The van der Waals surface area contributed by atoms with E-state index in [2.05, 4.69) is 34.0 Å². The lowest BCUT2D eigenvalue weighted by atomic mass is 10.1. The predicted molar refractivity (Wildman–Crippen MR) is 61.0 cm³/mol. The number of piperazine rings is 1. The van der Waals surface area contributed by atoms with Crippen LogP contribution in [-0.4, -0.2) is 35.1 Å². The molecule has 1 aliphatic heterocycles. The summed E-state index contributed by atoms with van der Waals surface area (Å²) in [6.07, 6.45) is 3.14. The zero-order chi connectivity index (χ0) is 11.5. The van der Waals surface area contributed by atoms with Crippen LogP contribution in [0.3, 0.4) is 0 Å². The molecule has 5 nitrogen and oxygen atoms in total. The van der Waals surface area contributed by atoms with E-state index < -0.39 is 0 Å². The van der Waals surface area contributed by atoms with Crippen LogP contribution in [0.5, 0.6) is 0 Å². The average molecular weight is 217 g/mol. The second-order valence-electron chi connectivity index (χ2n) is 4.19. The van der Waals surface area contributed by atoms with Crippen LogP contribution in [0.1, 0.15) is 19.4 Å². The first-order valence-corrected chi connectivity index (χ1v) is 5.43. The third kappa shape index (κ3) is 2.12. The van der Waals surface area contributed by atoms with Gasteiger partial charge in [0.15, 0.2) is 0 Å². The van der Waals surface area contributed by atoms with Crippen molar-refractivity contribution in [2.45, 2.75) is 25.9 Å². The van der Waals surface area contributed by atoms with Gasteiger partial charge in [-0.1, -0.05) is 0 Å². The molecule has 0 amide bonds. The number of hydrogen-bond donors (Lipinski definition) is 1. The van der Waals surface area contributed by atoms with Gasteiger partial charge in [-0.15, -0.1) is 0 Å². The number of nitriles is 1. The SMILES string of the molecule is C[C@@H]1CN(c2ncc(C#N)cn2)[C@H](C)CN1. The molecule has 0 unspecified atom stereocenters. The zero-order valence-corrected chi connectivity index (χ0v) is 9.51. The molecule has 0 aromatic carbocycles. The molecular weight excluding hydrogens is 202 g/mol. The van der Waals surface area contributed by atoms with Gasteiger partial charge in [-0.2, -0.15) is 5.26 Å². The number of rotatable bonds is 1. The number of aromatic nitrogens is 2. The first kappa shape index (κ1) is 10.8. The summed E-state index contributed by atoms with van der Waals surface area (Å²) in [5, 5.41) is 12.1. The van der Waals surface area contributed by atoms with E-state index in [9.17, 15) is 0 Å². The molecule has 5 heteroatoms. The highest BCUT2D eigenvalue weighted by atomic mass is 15.3. The fraction of sp³-hybridized carbons (Fsp3) is 0.545. The number of hydrogen-bond acceptors (Lipinski definition) is 5. The van der Waals surface area contributed by atoms with Gasteiger partial charge < -0.3 is 10.2 Å². The van der Waals surface area contributed by atoms with E-state index in [0.717, 1.165) is 13.1 Å². The van der Waals surface area contributed by atoms with Crippen LogP contribution >= 0.6 is 0 Å². The van der Waals surface area contributed by atoms with Gasteiger partial charge in [-0.05, 0) is 13.8 Å². The Morgan fingerprint density at radius 2 is 2.12 bits per heavy atom. The Balaban J connectivity index is 2.18. The molecular formula is C11H15N5. The summed E-state index contributed by atoms with van der Waals surface area (Å²) >= 11 is 0. The minimum absolute atomic E-state index is 0.379. The van der Waals surface area contributed by atoms with Crippen molar-refractivity contribution in [2.75, 3.05) is 18.0 Å². The van der Waals surface area contributed by atoms with Crippen molar-refractivity contribution in [3.8, 4) is 6.07 Å². The van der Waals surface area contributed by atoms with E-state index in [1.165, 1.54) is 0 Å². The van der Waals surface area contributed by atoms with Crippen LogP contribution < -0.4 is 10.2 Å². The monoisotopic (exact) mass is 217 g/mol. The minimum Gasteiger partial charge on any atom is -0.335 e. The Labute approximate surface area is 95.1 Å². The topological polar surface area (TPSA) is 64.8 Å². The maximum Gasteiger partial charge on any atom is 0.225 e. The summed E-state index contributed by atoms with van der Waals surface area (Å²) in [5.74, 6) is 0.708. The highest BCUT2D eigenvalue weighted by Crippen LogP contribution is 2.14. The van der Waals surface area contributed by atoms with E-state index in [1.54, 1.807) is 12.4 Å². The van der Waals surface area contributed by atoms with Crippen LogP contribution in [0.2, 0.25) is 0 Å². The Hall–Kier alpha value is -1.67.